The summed E-state index contributed by atoms with van der Waals surface area (Å²) in [7, 11) is -4.41. The fraction of sp³-hybridized carbons (Fsp3) is 0.917. The normalized spacial score (nSPS) is 21.0. The quantitative estimate of drug-likeness (QED) is 0.312. The van der Waals surface area contributed by atoms with Crippen LogP contribution in [0.25, 0.3) is 0 Å². The maximum absolute atomic E-state index is 12.4. The first-order chi connectivity index (χ1) is 14.5. The highest BCUT2D eigenvalue weighted by Crippen LogP contribution is 2.41. The first kappa shape index (κ1) is 30.3. The standard InChI is InChI=1S/C24H49NO6Si2/c1-17(26)29-19(16-28-32(11,12)23(5,6)7)21(31-33(13,14)24(8,9)10)18-15-20(27)30-25(18)22(2,3)4/h18-19,21H,15-16H2,1-14H3/t18-,19-,21+/m1/s1. The van der Waals surface area contributed by atoms with E-state index in [1.165, 1.54) is 6.92 Å². The lowest BCUT2D eigenvalue weighted by Gasteiger charge is -2.46. The van der Waals surface area contributed by atoms with Crippen molar-refractivity contribution >= 4 is 28.6 Å². The van der Waals surface area contributed by atoms with Crippen LogP contribution in [0.4, 0.5) is 0 Å². The van der Waals surface area contributed by atoms with Crippen LogP contribution in [-0.4, -0.2) is 64.0 Å². The zero-order valence-electron chi connectivity index (χ0n) is 23.5. The summed E-state index contributed by atoms with van der Waals surface area (Å²) in [6, 6.07) is -0.390. The summed E-state index contributed by atoms with van der Waals surface area (Å²) in [6.45, 7) is 29.3. The summed E-state index contributed by atoms with van der Waals surface area (Å²) >= 11 is 0. The third-order valence-corrected chi connectivity index (χ3v) is 16.2. The number of carbonyl (C=O) groups is 2. The van der Waals surface area contributed by atoms with Gasteiger partial charge in [-0.3, -0.25) is 9.59 Å². The molecule has 7 nitrogen and oxygen atoms in total. The van der Waals surface area contributed by atoms with Crippen molar-refractivity contribution in [1.29, 1.82) is 0 Å². The van der Waals surface area contributed by atoms with Gasteiger partial charge in [-0.1, -0.05) is 41.5 Å². The predicted molar refractivity (Wildman–Crippen MR) is 137 cm³/mol. The van der Waals surface area contributed by atoms with Gasteiger partial charge in [0.1, 0.15) is 6.10 Å². The molecule has 0 spiro atoms. The number of ether oxygens (including phenoxy) is 1. The highest BCUT2D eigenvalue weighted by molar-refractivity contribution is 6.74. The minimum absolute atomic E-state index is 0.00738. The Labute approximate surface area is 204 Å². The molecule has 194 valence electrons. The number of rotatable bonds is 8. The van der Waals surface area contributed by atoms with Crippen molar-refractivity contribution in [2.75, 3.05) is 6.61 Å². The molecule has 0 N–H and O–H groups in total. The molecule has 0 bridgehead atoms. The van der Waals surface area contributed by atoms with Crippen LogP contribution in [-0.2, 0) is 28.0 Å². The van der Waals surface area contributed by atoms with Gasteiger partial charge in [-0.2, -0.15) is 0 Å². The second kappa shape index (κ2) is 10.1. The Balaban J connectivity index is 3.47. The van der Waals surface area contributed by atoms with Crippen LogP contribution in [0.5, 0.6) is 0 Å². The van der Waals surface area contributed by atoms with E-state index >= 15 is 0 Å². The van der Waals surface area contributed by atoms with Crippen molar-refractivity contribution in [3.05, 3.63) is 0 Å². The van der Waals surface area contributed by atoms with E-state index in [1.54, 1.807) is 5.06 Å². The van der Waals surface area contributed by atoms with Crippen LogP contribution < -0.4 is 0 Å². The van der Waals surface area contributed by atoms with Gasteiger partial charge in [-0.25, -0.2) is 0 Å². The molecule has 3 atom stereocenters. The van der Waals surface area contributed by atoms with Gasteiger partial charge in [0.05, 0.1) is 19.1 Å². The zero-order valence-corrected chi connectivity index (χ0v) is 25.5. The van der Waals surface area contributed by atoms with Gasteiger partial charge in [0.15, 0.2) is 22.7 Å². The minimum Gasteiger partial charge on any atom is -0.457 e. The first-order valence-electron chi connectivity index (χ1n) is 12.0. The molecule has 0 saturated carbocycles. The molecule has 1 rings (SSSR count). The van der Waals surface area contributed by atoms with Crippen LogP contribution in [0.3, 0.4) is 0 Å². The molecule has 1 aliphatic rings. The molecule has 0 aromatic carbocycles. The third kappa shape index (κ3) is 7.88. The maximum Gasteiger partial charge on any atom is 0.326 e. The van der Waals surface area contributed by atoms with Gasteiger partial charge in [-0.05, 0) is 57.0 Å². The Morgan fingerprint density at radius 1 is 1.00 bits per heavy atom. The van der Waals surface area contributed by atoms with Gasteiger partial charge in [-0.15, -0.1) is 5.06 Å². The van der Waals surface area contributed by atoms with Crippen molar-refractivity contribution in [3.63, 3.8) is 0 Å². The summed E-state index contributed by atoms with van der Waals surface area (Å²) in [6.07, 6.45) is -1.05. The molecule has 0 aliphatic carbocycles. The Bertz CT molecular complexity index is 703. The number of carbonyl (C=O) groups excluding carboxylic acids is 2. The topological polar surface area (TPSA) is 74.3 Å². The molecule has 1 heterocycles. The SMILES string of the molecule is CC(=O)O[C@H](CO[Si](C)(C)C(C)(C)C)[C@@H](O[Si](C)(C)C(C)(C)C)[C@H]1CC(=O)ON1C(C)(C)C. The van der Waals surface area contributed by atoms with Crippen LogP contribution >= 0.6 is 0 Å². The monoisotopic (exact) mass is 503 g/mol. The van der Waals surface area contributed by atoms with E-state index in [0.717, 1.165) is 0 Å². The lowest BCUT2D eigenvalue weighted by atomic mass is 9.98. The summed E-state index contributed by atoms with van der Waals surface area (Å²) in [5, 5.41) is 1.66. The van der Waals surface area contributed by atoms with E-state index in [1.807, 2.05) is 20.8 Å². The molecule has 0 radical (unpaired) electrons. The van der Waals surface area contributed by atoms with Crippen LogP contribution in [0.1, 0.15) is 75.7 Å². The van der Waals surface area contributed by atoms with Crippen molar-refractivity contribution in [3.8, 4) is 0 Å². The van der Waals surface area contributed by atoms with E-state index in [2.05, 4.69) is 67.7 Å². The van der Waals surface area contributed by atoms with Crippen LogP contribution in [0.15, 0.2) is 0 Å². The minimum atomic E-state index is -2.30. The summed E-state index contributed by atoms with van der Waals surface area (Å²) in [5.41, 5.74) is -0.438. The van der Waals surface area contributed by atoms with Crippen LogP contribution in [0, 0.1) is 0 Å². The van der Waals surface area contributed by atoms with Gasteiger partial charge >= 0.3 is 11.9 Å². The second-order valence-electron chi connectivity index (χ2n) is 13.3. The fourth-order valence-electron chi connectivity index (χ4n) is 3.19. The van der Waals surface area contributed by atoms with E-state index in [4.69, 9.17) is 18.4 Å². The molecule has 9 heteroatoms. The Hall–Kier alpha value is -0.746. The van der Waals surface area contributed by atoms with E-state index in [0.29, 0.717) is 0 Å². The fourth-order valence-corrected chi connectivity index (χ4v) is 5.54. The lowest BCUT2D eigenvalue weighted by molar-refractivity contribution is -0.215. The van der Waals surface area contributed by atoms with Gasteiger partial charge in [0.25, 0.3) is 0 Å². The Morgan fingerprint density at radius 2 is 1.48 bits per heavy atom. The van der Waals surface area contributed by atoms with E-state index in [-0.39, 0.29) is 35.1 Å². The molecule has 0 aromatic rings. The Kier molecular flexibility index (Phi) is 9.26. The largest absolute Gasteiger partial charge is 0.457 e. The smallest absolute Gasteiger partial charge is 0.326 e. The van der Waals surface area contributed by atoms with E-state index < -0.39 is 40.4 Å². The summed E-state index contributed by atoms with van der Waals surface area (Å²) in [4.78, 5) is 30.2. The molecular weight excluding hydrogens is 454 g/mol. The average Bonchev–Trinajstić information content (AvgIpc) is 2.96. The summed E-state index contributed by atoms with van der Waals surface area (Å²) < 4.78 is 19.2. The highest BCUT2D eigenvalue weighted by Gasteiger charge is 2.52. The molecular formula is C24H49NO6Si2. The number of nitrogens with zero attached hydrogens (tertiary/aromatic N) is 1. The third-order valence-electron chi connectivity index (χ3n) is 7.25. The van der Waals surface area contributed by atoms with Gasteiger partial charge in [0.2, 0.25) is 0 Å². The maximum atomic E-state index is 12.4. The van der Waals surface area contributed by atoms with Gasteiger partial charge in [0, 0.05) is 12.5 Å². The van der Waals surface area contributed by atoms with Crippen molar-refractivity contribution < 1.29 is 28.0 Å². The second-order valence-corrected chi connectivity index (χ2v) is 22.9. The first-order valence-corrected chi connectivity index (χ1v) is 17.8. The molecule has 33 heavy (non-hydrogen) atoms. The Morgan fingerprint density at radius 3 is 1.88 bits per heavy atom. The number of hydroxylamine groups is 2. The predicted octanol–water partition coefficient (Wildman–Crippen LogP) is 5.66. The van der Waals surface area contributed by atoms with Gasteiger partial charge < -0.3 is 18.4 Å². The number of hydrogen-bond donors (Lipinski definition) is 0. The lowest BCUT2D eigenvalue weighted by Crippen LogP contribution is -2.59. The average molecular weight is 504 g/mol. The molecule has 1 aliphatic heterocycles. The molecule has 1 fully saturated rings. The molecule has 1 saturated heterocycles. The van der Waals surface area contributed by atoms with Crippen molar-refractivity contribution in [1.82, 2.24) is 5.06 Å². The molecule has 0 amide bonds. The molecule has 0 unspecified atom stereocenters. The van der Waals surface area contributed by atoms with Crippen molar-refractivity contribution in [2.45, 2.75) is 136 Å². The molecule has 0 aromatic heterocycles. The van der Waals surface area contributed by atoms with Crippen molar-refractivity contribution in [2.24, 2.45) is 0 Å². The van der Waals surface area contributed by atoms with Crippen LogP contribution in [0.2, 0.25) is 36.3 Å². The zero-order chi connectivity index (χ0) is 26.2. The van der Waals surface area contributed by atoms with E-state index in [9.17, 15) is 9.59 Å². The number of hydrogen-bond acceptors (Lipinski definition) is 7. The highest BCUT2D eigenvalue weighted by atomic mass is 28.4. The summed E-state index contributed by atoms with van der Waals surface area (Å²) in [5.74, 6) is -0.694. The number of esters is 1.